The molecule has 0 aliphatic carbocycles. The molecule has 21 heavy (non-hydrogen) atoms. The molecular weight excluding hydrogens is 289 g/mol. The minimum atomic E-state index is -0.303. The van der Waals surface area contributed by atoms with E-state index in [-0.39, 0.29) is 11.7 Å². The lowest BCUT2D eigenvalue weighted by Gasteiger charge is -2.29. The molecule has 1 aliphatic heterocycles. The number of fused-ring (bicyclic) bond motifs is 1. The predicted octanol–water partition coefficient (Wildman–Crippen LogP) is 3.28. The number of carbonyl (C=O) groups is 2. The second kappa shape index (κ2) is 5.69. The van der Waals surface area contributed by atoms with Gasteiger partial charge < -0.3 is 4.90 Å². The fourth-order valence-electron chi connectivity index (χ4n) is 2.24. The highest BCUT2D eigenvalue weighted by atomic mass is 32.2. The molecule has 3 rings (SSSR count). The summed E-state index contributed by atoms with van der Waals surface area (Å²) >= 11 is 1.47. The van der Waals surface area contributed by atoms with Gasteiger partial charge in [0, 0.05) is 10.5 Å². The van der Waals surface area contributed by atoms with Gasteiger partial charge in [0.15, 0.2) is 0 Å². The molecule has 1 amide bonds. The van der Waals surface area contributed by atoms with Gasteiger partial charge in [-0.15, -0.1) is 11.8 Å². The third kappa shape index (κ3) is 2.83. The van der Waals surface area contributed by atoms with Gasteiger partial charge in [-0.25, -0.2) is 4.39 Å². The molecule has 1 heterocycles. The fraction of sp³-hybridized carbons (Fsp3) is 0.125. The molecule has 0 atom stereocenters. The van der Waals surface area contributed by atoms with Crippen LogP contribution >= 0.6 is 11.8 Å². The van der Waals surface area contributed by atoms with Gasteiger partial charge in [-0.3, -0.25) is 9.59 Å². The molecule has 106 valence electrons. The van der Waals surface area contributed by atoms with Gasteiger partial charge in [-0.05, 0) is 29.8 Å². The van der Waals surface area contributed by atoms with Crippen LogP contribution in [0.3, 0.4) is 0 Å². The third-order valence-corrected chi connectivity index (χ3v) is 4.36. The number of halogens is 1. The Bertz CT molecular complexity index is 700. The molecule has 0 spiro atoms. The van der Waals surface area contributed by atoms with Crippen molar-refractivity contribution in [2.24, 2.45) is 0 Å². The summed E-state index contributed by atoms with van der Waals surface area (Å²) in [5.41, 5.74) is 2.12. The van der Waals surface area contributed by atoms with Crippen molar-refractivity contribution in [2.75, 3.05) is 10.7 Å². The molecule has 0 aromatic heterocycles. The van der Waals surface area contributed by atoms with Crippen LogP contribution in [0.4, 0.5) is 10.1 Å². The minimum absolute atomic E-state index is 0.0140. The van der Waals surface area contributed by atoms with Crippen molar-refractivity contribution in [2.45, 2.75) is 11.4 Å². The van der Waals surface area contributed by atoms with E-state index in [0.29, 0.717) is 17.9 Å². The molecular formula is C16H12FNO2S. The lowest BCUT2D eigenvalue weighted by Crippen LogP contribution is -2.34. The number of aldehydes is 1. The highest BCUT2D eigenvalue weighted by Gasteiger charge is 2.25. The van der Waals surface area contributed by atoms with E-state index in [1.807, 2.05) is 6.07 Å². The Morgan fingerprint density at radius 1 is 1.19 bits per heavy atom. The number of hydrogen-bond donors (Lipinski definition) is 0. The van der Waals surface area contributed by atoms with Crippen LogP contribution in [0.1, 0.15) is 15.9 Å². The Kier molecular flexibility index (Phi) is 3.75. The van der Waals surface area contributed by atoms with Crippen LogP contribution < -0.4 is 4.90 Å². The number of carbonyl (C=O) groups excluding carboxylic acids is 2. The van der Waals surface area contributed by atoms with Crippen molar-refractivity contribution in [3.05, 3.63) is 59.4 Å². The molecule has 0 saturated carbocycles. The zero-order valence-corrected chi connectivity index (χ0v) is 11.9. The van der Waals surface area contributed by atoms with Crippen molar-refractivity contribution in [3.63, 3.8) is 0 Å². The summed E-state index contributed by atoms with van der Waals surface area (Å²) < 4.78 is 13.0. The van der Waals surface area contributed by atoms with Gasteiger partial charge in [0.05, 0.1) is 18.0 Å². The molecule has 0 saturated heterocycles. The molecule has 0 fully saturated rings. The molecule has 2 aromatic carbocycles. The first kappa shape index (κ1) is 13.8. The summed E-state index contributed by atoms with van der Waals surface area (Å²) in [6, 6.07) is 11.4. The van der Waals surface area contributed by atoms with E-state index >= 15 is 0 Å². The molecule has 0 bridgehead atoms. The second-order valence-corrected chi connectivity index (χ2v) is 5.76. The van der Waals surface area contributed by atoms with Crippen LogP contribution in [0, 0.1) is 5.82 Å². The van der Waals surface area contributed by atoms with Crippen LogP contribution in [0.15, 0.2) is 47.4 Å². The van der Waals surface area contributed by atoms with Gasteiger partial charge in [-0.2, -0.15) is 0 Å². The first-order valence-corrected chi connectivity index (χ1v) is 7.43. The van der Waals surface area contributed by atoms with Crippen molar-refractivity contribution in [1.29, 1.82) is 0 Å². The van der Waals surface area contributed by atoms with Crippen LogP contribution in [0.5, 0.6) is 0 Å². The summed E-state index contributed by atoms with van der Waals surface area (Å²) in [5, 5.41) is 0. The Hall–Kier alpha value is -2.14. The SMILES string of the molecule is O=Cc1ccc2c(c1)N(Cc1ccc(F)cc1)C(=O)CS2. The maximum absolute atomic E-state index is 13.0. The lowest BCUT2D eigenvalue weighted by atomic mass is 10.1. The summed E-state index contributed by atoms with van der Waals surface area (Å²) in [6.07, 6.45) is 0.764. The molecule has 0 radical (unpaired) electrons. The van der Waals surface area contributed by atoms with Crippen molar-refractivity contribution in [3.8, 4) is 0 Å². The van der Waals surface area contributed by atoms with E-state index in [0.717, 1.165) is 22.4 Å². The molecule has 5 heteroatoms. The predicted molar refractivity (Wildman–Crippen MR) is 80.1 cm³/mol. The van der Waals surface area contributed by atoms with Crippen LogP contribution in [0.2, 0.25) is 0 Å². The van der Waals surface area contributed by atoms with Gasteiger partial charge in [0.1, 0.15) is 12.1 Å². The second-order valence-electron chi connectivity index (χ2n) is 4.74. The van der Waals surface area contributed by atoms with E-state index in [1.54, 1.807) is 29.2 Å². The number of anilines is 1. The van der Waals surface area contributed by atoms with E-state index in [4.69, 9.17) is 0 Å². The van der Waals surface area contributed by atoms with Crippen LogP contribution in [0.25, 0.3) is 0 Å². The Labute approximate surface area is 125 Å². The Morgan fingerprint density at radius 3 is 2.67 bits per heavy atom. The Morgan fingerprint density at radius 2 is 1.95 bits per heavy atom. The summed E-state index contributed by atoms with van der Waals surface area (Å²) in [4.78, 5) is 25.7. The van der Waals surface area contributed by atoms with Crippen molar-refractivity contribution < 1.29 is 14.0 Å². The summed E-state index contributed by atoms with van der Waals surface area (Å²) in [7, 11) is 0. The fourth-order valence-corrected chi connectivity index (χ4v) is 3.15. The number of nitrogens with zero attached hydrogens (tertiary/aromatic N) is 1. The molecule has 3 nitrogen and oxygen atoms in total. The van der Waals surface area contributed by atoms with Gasteiger partial charge in [0.25, 0.3) is 0 Å². The maximum atomic E-state index is 13.0. The normalized spacial score (nSPS) is 14.0. The zero-order valence-electron chi connectivity index (χ0n) is 11.1. The van der Waals surface area contributed by atoms with E-state index < -0.39 is 0 Å². The van der Waals surface area contributed by atoms with E-state index in [2.05, 4.69) is 0 Å². The minimum Gasteiger partial charge on any atom is -0.306 e. The maximum Gasteiger partial charge on any atom is 0.237 e. The van der Waals surface area contributed by atoms with Crippen LogP contribution in [-0.2, 0) is 11.3 Å². The van der Waals surface area contributed by atoms with Crippen LogP contribution in [-0.4, -0.2) is 17.9 Å². The molecule has 0 unspecified atom stereocenters. The van der Waals surface area contributed by atoms with Gasteiger partial charge in [-0.1, -0.05) is 18.2 Å². The number of thioether (sulfide) groups is 1. The average Bonchev–Trinajstić information content (AvgIpc) is 2.51. The number of hydrogen-bond acceptors (Lipinski definition) is 3. The standard InChI is InChI=1S/C16H12FNO2S/c17-13-4-1-11(2-5-13)8-18-14-7-12(9-19)3-6-15(14)21-10-16(18)20/h1-7,9H,8,10H2. The molecule has 1 aliphatic rings. The largest absolute Gasteiger partial charge is 0.306 e. The Balaban J connectivity index is 1.96. The first-order valence-electron chi connectivity index (χ1n) is 6.44. The smallest absolute Gasteiger partial charge is 0.237 e. The highest BCUT2D eigenvalue weighted by Crippen LogP contribution is 2.36. The molecule has 2 aromatic rings. The molecule has 0 N–H and O–H groups in total. The van der Waals surface area contributed by atoms with Gasteiger partial charge in [0.2, 0.25) is 5.91 Å². The van der Waals surface area contributed by atoms with E-state index in [9.17, 15) is 14.0 Å². The number of benzene rings is 2. The lowest BCUT2D eigenvalue weighted by molar-refractivity contribution is -0.116. The summed E-state index contributed by atoms with van der Waals surface area (Å²) in [6.45, 7) is 0.370. The van der Waals surface area contributed by atoms with Gasteiger partial charge >= 0.3 is 0 Å². The first-order chi connectivity index (χ1) is 10.2. The highest BCUT2D eigenvalue weighted by molar-refractivity contribution is 8.00. The topological polar surface area (TPSA) is 37.4 Å². The quantitative estimate of drug-likeness (QED) is 0.817. The third-order valence-electron chi connectivity index (χ3n) is 3.32. The number of rotatable bonds is 3. The van der Waals surface area contributed by atoms with E-state index in [1.165, 1.54) is 23.9 Å². The van der Waals surface area contributed by atoms with Crippen molar-refractivity contribution in [1.82, 2.24) is 0 Å². The monoisotopic (exact) mass is 301 g/mol. The number of amides is 1. The van der Waals surface area contributed by atoms with Crippen molar-refractivity contribution >= 4 is 29.6 Å². The summed E-state index contributed by atoms with van der Waals surface area (Å²) in [5.74, 6) is 0.0528. The average molecular weight is 301 g/mol. The zero-order chi connectivity index (χ0) is 14.8.